The molecule has 1 aromatic heterocycles. The van der Waals surface area contributed by atoms with Crippen molar-refractivity contribution in [1.82, 2.24) is 9.97 Å². The van der Waals surface area contributed by atoms with E-state index in [1.165, 1.54) is 0 Å². The van der Waals surface area contributed by atoms with Gasteiger partial charge in [0.05, 0.1) is 6.61 Å². The van der Waals surface area contributed by atoms with Crippen LogP contribution in [0.2, 0.25) is 0 Å². The summed E-state index contributed by atoms with van der Waals surface area (Å²) in [5, 5.41) is 7.23. The third-order valence-electron chi connectivity index (χ3n) is 1.00. The van der Waals surface area contributed by atoms with Crippen molar-refractivity contribution in [2.75, 3.05) is 6.61 Å². The van der Waals surface area contributed by atoms with E-state index in [-0.39, 0.29) is 5.90 Å². The van der Waals surface area contributed by atoms with Crippen molar-refractivity contribution in [3.63, 3.8) is 0 Å². The zero-order valence-corrected chi connectivity index (χ0v) is 5.72. The average Bonchev–Trinajstić information content (AvgIpc) is 2.38. The molecular weight excluding hydrogens is 130 g/mol. The van der Waals surface area contributed by atoms with E-state index < -0.39 is 0 Å². The van der Waals surface area contributed by atoms with Crippen molar-refractivity contribution in [2.45, 2.75) is 6.92 Å². The van der Waals surface area contributed by atoms with Gasteiger partial charge in [0.15, 0.2) is 5.82 Å². The molecule has 0 saturated carbocycles. The van der Waals surface area contributed by atoms with Gasteiger partial charge in [-0.05, 0) is 6.92 Å². The molecule has 0 amide bonds. The Labute approximate surface area is 58.8 Å². The van der Waals surface area contributed by atoms with Crippen molar-refractivity contribution in [1.29, 1.82) is 5.41 Å². The molecule has 1 rings (SSSR count). The highest BCUT2D eigenvalue weighted by Gasteiger charge is 2.01. The minimum Gasteiger partial charge on any atom is -0.476 e. The highest BCUT2D eigenvalue weighted by atomic mass is 16.5. The number of nitrogens with zero attached hydrogens (tertiary/aromatic N) is 1. The lowest BCUT2D eigenvalue weighted by atomic mass is 10.6. The Morgan fingerprint density at radius 2 is 2.70 bits per heavy atom. The van der Waals surface area contributed by atoms with Crippen molar-refractivity contribution >= 4 is 5.90 Å². The molecule has 0 fully saturated rings. The normalized spacial score (nSPS) is 9.30. The van der Waals surface area contributed by atoms with Crippen LogP contribution in [0.5, 0.6) is 0 Å². The second-order valence-electron chi connectivity index (χ2n) is 1.70. The molecule has 0 unspecified atom stereocenters. The Hall–Kier alpha value is -1.32. The minimum atomic E-state index is 0.0903. The summed E-state index contributed by atoms with van der Waals surface area (Å²) in [6.45, 7) is 2.33. The average molecular weight is 139 g/mol. The molecule has 0 aromatic carbocycles. The molecule has 0 aliphatic rings. The van der Waals surface area contributed by atoms with E-state index in [1.54, 1.807) is 12.4 Å². The van der Waals surface area contributed by atoms with E-state index in [0.717, 1.165) is 0 Å². The summed E-state index contributed by atoms with van der Waals surface area (Å²) in [4.78, 5) is 6.59. The predicted octanol–water partition coefficient (Wildman–Crippen LogP) is 0.772. The fraction of sp³-hybridized carbons (Fsp3) is 0.333. The van der Waals surface area contributed by atoms with Gasteiger partial charge in [0.25, 0.3) is 0 Å². The molecule has 0 atom stereocenters. The van der Waals surface area contributed by atoms with Gasteiger partial charge in [0, 0.05) is 12.4 Å². The first kappa shape index (κ1) is 6.80. The van der Waals surface area contributed by atoms with Gasteiger partial charge in [-0.1, -0.05) is 0 Å². The molecule has 0 aliphatic carbocycles. The number of ether oxygens (including phenoxy) is 1. The third kappa shape index (κ3) is 1.34. The van der Waals surface area contributed by atoms with Crippen LogP contribution in [0.3, 0.4) is 0 Å². The molecule has 10 heavy (non-hydrogen) atoms. The summed E-state index contributed by atoms with van der Waals surface area (Å²) in [5.41, 5.74) is 0. The minimum absolute atomic E-state index is 0.0903. The fourth-order valence-electron chi connectivity index (χ4n) is 0.602. The van der Waals surface area contributed by atoms with Crippen LogP contribution in [-0.4, -0.2) is 22.5 Å². The number of imidazole rings is 1. The van der Waals surface area contributed by atoms with Crippen molar-refractivity contribution in [2.24, 2.45) is 0 Å². The number of nitrogens with one attached hydrogen (secondary N) is 2. The SMILES string of the molecule is CCOC(=N)c1ncc[nH]1. The molecule has 4 nitrogen and oxygen atoms in total. The third-order valence-corrected chi connectivity index (χ3v) is 1.00. The number of aromatic nitrogens is 2. The Balaban J connectivity index is 2.59. The Morgan fingerprint density at radius 1 is 1.90 bits per heavy atom. The maximum absolute atomic E-state index is 7.23. The van der Waals surface area contributed by atoms with Crippen LogP contribution >= 0.6 is 0 Å². The Morgan fingerprint density at radius 3 is 3.20 bits per heavy atom. The molecule has 0 aliphatic heterocycles. The highest BCUT2D eigenvalue weighted by Crippen LogP contribution is 1.90. The van der Waals surface area contributed by atoms with Crippen LogP contribution in [-0.2, 0) is 4.74 Å². The standard InChI is InChI=1S/C6H9N3O/c1-2-10-5(7)6-8-3-4-9-6/h3-4,7H,2H2,1H3,(H,8,9). The van der Waals surface area contributed by atoms with Crippen LogP contribution < -0.4 is 0 Å². The first-order valence-corrected chi connectivity index (χ1v) is 3.05. The molecule has 0 saturated heterocycles. The Kier molecular flexibility index (Phi) is 2.04. The molecule has 0 bridgehead atoms. The molecule has 1 heterocycles. The fourth-order valence-corrected chi connectivity index (χ4v) is 0.602. The molecule has 0 spiro atoms. The quantitative estimate of drug-likeness (QED) is 0.469. The smallest absolute Gasteiger partial charge is 0.250 e. The monoisotopic (exact) mass is 139 g/mol. The van der Waals surface area contributed by atoms with Gasteiger partial charge >= 0.3 is 0 Å². The van der Waals surface area contributed by atoms with Gasteiger partial charge in [-0.2, -0.15) is 0 Å². The summed E-state index contributed by atoms with van der Waals surface area (Å²) in [5.74, 6) is 0.564. The summed E-state index contributed by atoms with van der Waals surface area (Å²) in [6.07, 6.45) is 3.24. The second kappa shape index (κ2) is 3.00. The maximum atomic E-state index is 7.23. The molecule has 4 heteroatoms. The topological polar surface area (TPSA) is 61.8 Å². The van der Waals surface area contributed by atoms with E-state index in [4.69, 9.17) is 10.1 Å². The van der Waals surface area contributed by atoms with Crippen LogP contribution in [0.25, 0.3) is 0 Å². The highest BCUT2D eigenvalue weighted by molar-refractivity contribution is 5.87. The van der Waals surface area contributed by atoms with E-state index in [1.807, 2.05) is 6.92 Å². The number of hydrogen-bond donors (Lipinski definition) is 2. The lowest BCUT2D eigenvalue weighted by Gasteiger charge is -1.98. The summed E-state index contributed by atoms with van der Waals surface area (Å²) in [7, 11) is 0. The van der Waals surface area contributed by atoms with Crippen LogP contribution in [0.1, 0.15) is 12.7 Å². The molecule has 0 radical (unpaired) electrons. The van der Waals surface area contributed by atoms with Crippen LogP contribution in [0.15, 0.2) is 12.4 Å². The molecule has 2 N–H and O–H groups in total. The summed E-state index contributed by atoms with van der Waals surface area (Å²) >= 11 is 0. The zero-order valence-electron chi connectivity index (χ0n) is 5.72. The molecular formula is C6H9N3O. The van der Waals surface area contributed by atoms with E-state index in [0.29, 0.717) is 12.4 Å². The lowest BCUT2D eigenvalue weighted by molar-refractivity contribution is 0.323. The van der Waals surface area contributed by atoms with Crippen molar-refractivity contribution in [3.05, 3.63) is 18.2 Å². The van der Waals surface area contributed by atoms with Gasteiger partial charge < -0.3 is 9.72 Å². The predicted molar refractivity (Wildman–Crippen MR) is 37.0 cm³/mol. The van der Waals surface area contributed by atoms with Gasteiger partial charge in [-0.15, -0.1) is 0 Å². The van der Waals surface area contributed by atoms with Gasteiger partial charge in [0.2, 0.25) is 5.90 Å². The zero-order chi connectivity index (χ0) is 7.40. The molecule has 1 aromatic rings. The van der Waals surface area contributed by atoms with E-state index in [2.05, 4.69) is 9.97 Å². The van der Waals surface area contributed by atoms with E-state index >= 15 is 0 Å². The number of hydrogen-bond acceptors (Lipinski definition) is 3. The lowest BCUT2D eigenvalue weighted by Crippen LogP contribution is -2.06. The van der Waals surface area contributed by atoms with E-state index in [9.17, 15) is 0 Å². The molecule has 54 valence electrons. The first-order valence-electron chi connectivity index (χ1n) is 3.05. The van der Waals surface area contributed by atoms with Gasteiger partial charge in [0.1, 0.15) is 0 Å². The van der Waals surface area contributed by atoms with Crippen LogP contribution in [0, 0.1) is 5.41 Å². The second-order valence-corrected chi connectivity index (χ2v) is 1.70. The van der Waals surface area contributed by atoms with Gasteiger partial charge in [-0.25, -0.2) is 4.98 Å². The number of rotatable bonds is 2. The van der Waals surface area contributed by atoms with Gasteiger partial charge in [-0.3, -0.25) is 5.41 Å². The largest absolute Gasteiger partial charge is 0.476 e. The summed E-state index contributed by atoms with van der Waals surface area (Å²) in [6, 6.07) is 0. The Bertz CT molecular complexity index is 205. The summed E-state index contributed by atoms with van der Waals surface area (Å²) < 4.78 is 4.88. The maximum Gasteiger partial charge on any atom is 0.250 e. The first-order chi connectivity index (χ1) is 4.84. The van der Waals surface area contributed by atoms with Crippen LogP contribution in [0.4, 0.5) is 0 Å². The van der Waals surface area contributed by atoms with Crippen molar-refractivity contribution < 1.29 is 4.74 Å². The van der Waals surface area contributed by atoms with Crippen molar-refractivity contribution in [3.8, 4) is 0 Å². The number of aromatic amines is 1. The number of H-pyrrole nitrogens is 1.